The largest absolute Gasteiger partial charge is 0.488 e. The van der Waals surface area contributed by atoms with Crippen molar-refractivity contribution < 1.29 is 14.6 Å². The van der Waals surface area contributed by atoms with E-state index in [1.165, 1.54) is 6.07 Å². The number of hydrogen-bond acceptors (Lipinski definition) is 3. The lowest BCUT2D eigenvalue weighted by molar-refractivity contribution is 0.0694. The number of carboxylic acids is 1. The Hall–Kier alpha value is -1.98. The van der Waals surface area contributed by atoms with Crippen LogP contribution in [0.15, 0.2) is 23.0 Å². The predicted molar refractivity (Wildman–Crippen MR) is 85.7 cm³/mol. The second-order valence-electron chi connectivity index (χ2n) is 5.69. The monoisotopic (exact) mass is 351 g/mol. The van der Waals surface area contributed by atoms with Crippen LogP contribution >= 0.6 is 23.2 Å². The molecule has 23 heavy (non-hydrogen) atoms. The summed E-state index contributed by atoms with van der Waals surface area (Å²) in [6.45, 7) is 0.188. The maximum atomic E-state index is 12.6. The van der Waals surface area contributed by atoms with Crippen LogP contribution in [0, 0.1) is 0 Å². The van der Waals surface area contributed by atoms with E-state index in [0.29, 0.717) is 32.6 Å². The van der Waals surface area contributed by atoms with Gasteiger partial charge in [-0.25, -0.2) is 4.79 Å². The van der Waals surface area contributed by atoms with E-state index >= 15 is 0 Å². The number of benzene rings is 1. The minimum atomic E-state index is -1.23. The van der Waals surface area contributed by atoms with Crippen molar-refractivity contribution in [1.29, 1.82) is 0 Å². The number of pyridine rings is 1. The van der Waals surface area contributed by atoms with Gasteiger partial charge in [0.25, 0.3) is 5.56 Å². The maximum Gasteiger partial charge on any atom is 0.341 e. The Morgan fingerprint density at radius 1 is 1.22 bits per heavy atom. The number of nitrogens with zero attached hydrogens (tertiary/aromatic N) is 1. The Labute approximate surface area is 141 Å². The van der Waals surface area contributed by atoms with E-state index in [1.54, 1.807) is 16.7 Å². The third-order valence-corrected chi connectivity index (χ3v) is 4.84. The lowest BCUT2D eigenvalue weighted by Gasteiger charge is -2.25. The fourth-order valence-corrected chi connectivity index (χ4v) is 3.24. The highest BCUT2D eigenvalue weighted by Gasteiger charge is 2.33. The predicted octanol–water partition coefficient (Wildman–Crippen LogP) is 3.75. The topological polar surface area (TPSA) is 68.5 Å². The molecule has 2 aromatic rings. The highest BCUT2D eigenvalue weighted by Crippen LogP contribution is 2.45. The number of aromatic carboxylic acids is 1. The number of aromatic nitrogens is 1. The van der Waals surface area contributed by atoms with Crippen molar-refractivity contribution in [2.45, 2.75) is 25.5 Å². The van der Waals surface area contributed by atoms with Gasteiger partial charge in [0.2, 0.25) is 0 Å². The Bertz CT molecular complexity index is 915. The molecule has 0 unspecified atom stereocenters. The van der Waals surface area contributed by atoms with Crippen LogP contribution in [-0.2, 0) is 6.61 Å². The molecule has 1 fully saturated rings. The molecule has 1 aromatic heterocycles. The summed E-state index contributed by atoms with van der Waals surface area (Å²) in [6.07, 6.45) is 1.71. The van der Waals surface area contributed by atoms with Crippen molar-refractivity contribution in [3.63, 3.8) is 0 Å². The third kappa shape index (κ3) is 2.23. The van der Waals surface area contributed by atoms with Crippen LogP contribution in [0.5, 0.6) is 5.75 Å². The van der Waals surface area contributed by atoms with Crippen LogP contribution in [0.3, 0.4) is 0 Å². The van der Waals surface area contributed by atoms with E-state index < -0.39 is 11.5 Å². The van der Waals surface area contributed by atoms with E-state index in [0.717, 1.165) is 12.8 Å². The van der Waals surface area contributed by atoms with E-state index in [-0.39, 0.29) is 18.2 Å². The zero-order valence-electron chi connectivity index (χ0n) is 11.8. The highest BCUT2D eigenvalue weighted by atomic mass is 35.5. The second-order valence-corrected chi connectivity index (χ2v) is 6.51. The van der Waals surface area contributed by atoms with Gasteiger partial charge in [-0.1, -0.05) is 23.2 Å². The number of fused-ring (bicyclic) bond motifs is 3. The van der Waals surface area contributed by atoms with Gasteiger partial charge in [0, 0.05) is 23.2 Å². The van der Waals surface area contributed by atoms with E-state index in [1.807, 2.05) is 0 Å². The fraction of sp³-hybridized carbons (Fsp3) is 0.250. The second kappa shape index (κ2) is 5.01. The number of carboxylic acid groups (broad SMARTS) is 1. The molecule has 1 N–H and O–H groups in total. The molecule has 0 atom stereocenters. The van der Waals surface area contributed by atoms with Gasteiger partial charge in [-0.15, -0.1) is 0 Å². The SMILES string of the molecule is O=C(O)c1cc2c(n(C3CC3)c1=O)-c1cc(Cl)c(Cl)cc1OC2. The van der Waals surface area contributed by atoms with Crippen LogP contribution < -0.4 is 10.3 Å². The van der Waals surface area contributed by atoms with Gasteiger partial charge in [-0.3, -0.25) is 4.79 Å². The number of rotatable bonds is 2. The normalized spacial score (nSPS) is 15.6. The summed E-state index contributed by atoms with van der Waals surface area (Å²) in [4.78, 5) is 24.0. The third-order valence-electron chi connectivity index (χ3n) is 4.12. The van der Waals surface area contributed by atoms with Crippen LogP contribution in [0.25, 0.3) is 11.3 Å². The molecule has 0 radical (unpaired) electrons. The van der Waals surface area contributed by atoms with E-state index in [9.17, 15) is 14.7 Å². The number of halogens is 2. The summed E-state index contributed by atoms with van der Waals surface area (Å²) < 4.78 is 7.24. The number of hydrogen-bond donors (Lipinski definition) is 1. The lowest BCUT2D eigenvalue weighted by atomic mass is 10.00. The van der Waals surface area contributed by atoms with Gasteiger partial charge in [0.05, 0.1) is 15.7 Å². The standard InChI is InChI=1S/C16H11Cl2NO4/c17-11-4-9-13(5-12(11)18)23-6-7-3-10(16(21)22)15(20)19(14(7)9)8-1-2-8/h3-5,8H,1-2,6H2,(H,21,22). The van der Waals surface area contributed by atoms with Crippen molar-refractivity contribution >= 4 is 29.2 Å². The van der Waals surface area contributed by atoms with Gasteiger partial charge in [-0.05, 0) is 25.0 Å². The smallest absolute Gasteiger partial charge is 0.341 e. The Morgan fingerprint density at radius 2 is 1.91 bits per heavy atom. The van der Waals surface area contributed by atoms with Crippen molar-refractivity contribution in [3.05, 3.63) is 49.7 Å². The van der Waals surface area contributed by atoms with Gasteiger partial charge >= 0.3 is 5.97 Å². The molecule has 1 aliphatic carbocycles. The average Bonchev–Trinajstić information content (AvgIpc) is 3.32. The van der Waals surface area contributed by atoms with Crippen molar-refractivity contribution in [2.24, 2.45) is 0 Å². The molecule has 1 aromatic carbocycles. The molecule has 1 saturated carbocycles. The number of ether oxygens (including phenoxy) is 1. The zero-order chi connectivity index (χ0) is 16.3. The first-order chi connectivity index (χ1) is 11.0. The Balaban J connectivity index is 2.07. The van der Waals surface area contributed by atoms with E-state index in [4.69, 9.17) is 27.9 Å². The van der Waals surface area contributed by atoms with Crippen molar-refractivity contribution in [1.82, 2.24) is 4.57 Å². The quantitative estimate of drug-likeness (QED) is 0.894. The molecule has 2 aliphatic rings. The van der Waals surface area contributed by atoms with Crippen LogP contribution in [0.1, 0.15) is 34.8 Å². The van der Waals surface area contributed by atoms with Crippen LogP contribution in [0.4, 0.5) is 0 Å². The first-order valence-corrected chi connectivity index (χ1v) is 7.87. The molecule has 0 saturated heterocycles. The molecule has 1 aliphatic heterocycles. The summed E-state index contributed by atoms with van der Waals surface area (Å²) in [7, 11) is 0. The summed E-state index contributed by atoms with van der Waals surface area (Å²) in [6, 6.07) is 4.70. The average molecular weight is 352 g/mol. The molecular formula is C16H11Cl2NO4. The first-order valence-electron chi connectivity index (χ1n) is 7.11. The summed E-state index contributed by atoms with van der Waals surface area (Å²) in [5.41, 5.74) is 1.30. The van der Waals surface area contributed by atoms with Gasteiger partial charge in [-0.2, -0.15) is 0 Å². The van der Waals surface area contributed by atoms with E-state index in [2.05, 4.69) is 0 Å². The van der Waals surface area contributed by atoms with Gasteiger partial charge in [0.1, 0.15) is 17.9 Å². The van der Waals surface area contributed by atoms with Crippen molar-refractivity contribution in [3.8, 4) is 17.0 Å². The minimum absolute atomic E-state index is 0.0240. The minimum Gasteiger partial charge on any atom is -0.488 e. The molecule has 0 amide bonds. The van der Waals surface area contributed by atoms with Gasteiger partial charge in [0.15, 0.2) is 0 Å². The molecule has 0 spiro atoms. The molecule has 7 heteroatoms. The zero-order valence-corrected chi connectivity index (χ0v) is 13.3. The first kappa shape index (κ1) is 14.6. The Kier molecular flexibility index (Phi) is 3.18. The molecular weight excluding hydrogens is 341 g/mol. The highest BCUT2D eigenvalue weighted by molar-refractivity contribution is 6.42. The summed E-state index contributed by atoms with van der Waals surface area (Å²) in [5, 5.41) is 10.0. The van der Waals surface area contributed by atoms with Crippen LogP contribution in [-0.4, -0.2) is 15.6 Å². The van der Waals surface area contributed by atoms with Gasteiger partial charge < -0.3 is 14.4 Å². The molecule has 2 heterocycles. The molecule has 118 valence electrons. The molecule has 5 nitrogen and oxygen atoms in total. The Morgan fingerprint density at radius 3 is 2.57 bits per heavy atom. The fourth-order valence-electron chi connectivity index (χ4n) is 2.93. The van der Waals surface area contributed by atoms with Crippen molar-refractivity contribution in [2.75, 3.05) is 0 Å². The molecule has 4 rings (SSSR count). The lowest BCUT2D eigenvalue weighted by Crippen LogP contribution is -2.29. The summed E-state index contributed by atoms with van der Waals surface area (Å²) >= 11 is 12.1. The number of carbonyl (C=O) groups is 1. The maximum absolute atomic E-state index is 12.6. The summed E-state index contributed by atoms with van der Waals surface area (Å²) in [5.74, 6) is -0.684. The van der Waals surface area contributed by atoms with Crippen LogP contribution in [0.2, 0.25) is 10.0 Å². The molecule has 0 bridgehead atoms.